The van der Waals surface area contributed by atoms with Gasteiger partial charge in [-0.2, -0.15) is 0 Å². The summed E-state index contributed by atoms with van der Waals surface area (Å²) in [6.07, 6.45) is 6.83. The molecule has 0 aromatic heterocycles. The maximum atomic E-state index is 12.7. The predicted molar refractivity (Wildman–Crippen MR) is 134 cm³/mol. The lowest BCUT2D eigenvalue weighted by Gasteiger charge is -2.48. The van der Waals surface area contributed by atoms with Gasteiger partial charge < -0.3 is 23.7 Å². The maximum Gasteiger partial charge on any atom is 0.303 e. The lowest BCUT2D eigenvalue weighted by atomic mass is 9.82. The summed E-state index contributed by atoms with van der Waals surface area (Å²) in [6.45, 7) is 6.52. The zero-order valence-corrected chi connectivity index (χ0v) is 21.7. The fourth-order valence-corrected chi connectivity index (χ4v) is 5.63. The summed E-state index contributed by atoms with van der Waals surface area (Å²) in [4.78, 5) is 24.7. The van der Waals surface area contributed by atoms with Gasteiger partial charge in [0.05, 0.1) is 37.1 Å². The molecule has 0 unspecified atom stereocenters. The highest BCUT2D eigenvalue weighted by atomic mass is 16.6. The summed E-state index contributed by atoms with van der Waals surface area (Å²) in [5.74, 6) is -0.313. The Morgan fingerprint density at radius 1 is 1.17 bits per heavy atom. The number of ketones is 1. The molecule has 3 aliphatic rings. The Hall–Kier alpha value is -2.06. The average molecular weight is 501 g/mol. The number of carbonyl (C=O) groups excluding carboxylic acids is 2. The van der Waals surface area contributed by atoms with Gasteiger partial charge in [0, 0.05) is 26.4 Å². The minimum Gasteiger partial charge on any atom is -0.459 e. The number of hydrogen-bond acceptors (Lipinski definition) is 7. The molecule has 7 atom stereocenters. The molecule has 0 aliphatic carbocycles. The van der Waals surface area contributed by atoms with Gasteiger partial charge in [-0.1, -0.05) is 36.4 Å². The fourth-order valence-electron chi connectivity index (χ4n) is 5.63. The second kappa shape index (κ2) is 12.5. The quantitative estimate of drug-likeness (QED) is 0.502. The first-order valence-electron chi connectivity index (χ1n) is 13.3. The van der Waals surface area contributed by atoms with Crippen LogP contribution in [0.3, 0.4) is 0 Å². The van der Waals surface area contributed by atoms with Crippen LogP contribution in [0.4, 0.5) is 0 Å². The first kappa shape index (κ1) is 27.0. The minimum atomic E-state index is -0.888. The van der Waals surface area contributed by atoms with E-state index in [0.717, 1.165) is 24.8 Å². The van der Waals surface area contributed by atoms with Crippen molar-refractivity contribution < 1.29 is 33.3 Å². The molecule has 198 valence electrons. The molecular formula is C29H40O7. The lowest BCUT2D eigenvalue weighted by molar-refractivity contribution is -0.248. The van der Waals surface area contributed by atoms with Crippen LogP contribution >= 0.6 is 0 Å². The van der Waals surface area contributed by atoms with Crippen LogP contribution in [0.1, 0.15) is 71.3 Å². The molecule has 3 heterocycles. The monoisotopic (exact) mass is 500 g/mol. The molecule has 0 saturated carbocycles. The van der Waals surface area contributed by atoms with Gasteiger partial charge in [-0.15, -0.1) is 0 Å². The Labute approximate surface area is 214 Å². The van der Waals surface area contributed by atoms with E-state index in [1.54, 1.807) is 6.08 Å². The Balaban J connectivity index is 1.60. The predicted octanol–water partition coefficient (Wildman–Crippen LogP) is 4.70. The standard InChI is InChI=1S/C29H40O7/c1-20-14-15-27(34-21(2)30)29(3,36-20)28(33-19-22-9-5-4-6-10-22)18-24-17-23(31)11-7-12-25-26(35-24)13-8-16-32-25/h4-7,9-11,20,24-28H,8,12-19H2,1-3H3/b11-7-/t20-,24+,25-,26+,27-,28-,29-/m1/s1. The molecule has 7 heteroatoms. The molecule has 0 amide bonds. The number of benzene rings is 1. The van der Waals surface area contributed by atoms with Gasteiger partial charge >= 0.3 is 5.97 Å². The summed E-state index contributed by atoms with van der Waals surface area (Å²) >= 11 is 0. The van der Waals surface area contributed by atoms with Crippen molar-refractivity contribution in [2.45, 2.75) is 115 Å². The summed E-state index contributed by atoms with van der Waals surface area (Å²) in [7, 11) is 0. The average Bonchev–Trinajstić information content (AvgIpc) is 2.92. The highest BCUT2D eigenvalue weighted by molar-refractivity contribution is 5.90. The molecule has 2 fully saturated rings. The molecule has 0 bridgehead atoms. The smallest absolute Gasteiger partial charge is 0.303 e. The van der Waals surface area contributed by atoms with Crippen molar-refractivity contribution in [2.24, 2.45) is 0 Å². The molecule has 36 heavy (non-hydrogen) atoms. The SMILES string of the molecule is CC(=O)O[C@@H]1CC[C@@H](C)O[C@@]1(C)[C@@H](C[C@@H]1CC(=O)/C=C\C[C@H]2OCCC[C@@H]2O1)OCc1ccccc1. The molecule has 1 aromatic rings. The first-order chi connectivity index (χ1) is 17.3. The second-order valence-electron chi connectivity index (χ2n) is 10.5. The van der Waals surface area contributed by atoms with Gasteiger partial charge in [-0.25, -0.2) is 0 Å². The molecule has 3 aliphatic heterocycles. The Bertz CT molecular complexity index is 900. The van der Waals surface area contributed by atoms with Crippen LogP contribution in [0.25, 0.3) is 0 Å². The Morgan fingerprint density at radius 3 is 2.75 bits per heavy atom. The van der Waals surface area contributed by atoms with Gasteiger partial charge in [0.2, 0.25) is 0 Å². The van der Waals surface area contributed by atoms with Crippen molar-refractivity contribution in [1.82, 2.24) is 0 Å². The molecule has 0 radical (unpaired) electrons. The van der Waals surface area contributed by atoms with Crippen molar-refractivity contribution >= 4 is 11.8 Å². The van der Waals surface area contributed by atoms with Crippen molar-refractivity contribution in [3.63, 3.8) is 0 Å². The van der Waals surface area contributed by atoms with E-state index in [4.69, 9.17) is 23.7 Å². The third-order valence-corrected chi connectivity index (χ3v) is 7.50. The Kier molecular flexibility index (Phi) is 9.34. The van der Waals surface area contributed by atoms with Crippen LogP contribution in [0.2, 0.25) is 0 Å². The van der Waals surface area contributed by atoms with Gasteiger partial charge in [0.1, 0.15) is 11.7 Å². The van der Waals surface area contributed by atoms with Gasteiger partial charge in [-0.05, 0) is 57.6 Å². The van der Waals surface area contributed by atoms with Crippen molar-refractivity contribution in [3.05, 3.63) is 48.0 Å². The molecule has 0 spiro atoms. The van der Waals surface area contributed by atoms with E-state index in [9.17, 15) is 9.59 Å². The number of rotatable bonds is 7. The fraction of sp³-hybridized carbons (Fsp3) is 0.655. The lowest BCUT2D eigenvalue weighted by Crippen LogP contribution is -2.59. The number of allylic oxidation sites excluding steroid dienone is 1. The van der Waals surface area contributed by atoms with Crippen LogP contribution in [-0.4, -0.2) is 60.6 Å². The summed E-state index contributed by atoms with van der Waals surface area (Å²) in [5.41, 5.74) is 0.149. The van der Waals surface area contributed by atoms with E-state index in [0.29, 0.717) is 32.5 Å². The number of esters is 1. The molecule has 2 saturated heterocycles. The van der Waals surface area contributed by atoms with Crippen LogP contribution < -0.4 is 0 Å². The number of hydrogen-bond donors (Lipinski definition) is 0. The van der Waals surface area contributed by atoms with E-state index < -0.39 is 17.8 Å². The second-order valence-corrected chi connectivity index (χ2v) is 10.5. The summed E-state index contributed by atoms with van der Waals surface area (Å²) < 4.78 is 31.4. The van der Waals surface area contributed by atoms with E-state index >= 15 is 0 Å². The maximum absolute atomic E-state index is 12.7. The third-order valence-electron chi connectivity index (χ3n) is 7.50. The zero-order valence-electron chi connectivity index (χ0n) is 21.7. The first-order valence-corrected chi connectivity index (χ1v) is 13.3. The summed E-state index contributed by atoms with van der Waals surface area (Å²) in [5, 5.41) is 0. The zero-order chi connectivity index (χ0) is 25.5. The topological polar surface area (TPSA) is 80.3 Å². The van der Waals surface area contributed by atoms with E-state index in [-0.39, 0.29) is 42.6 Å². The largest absolute Gasteiger partial charge is 0.459 e. The normalized spacial score (nSPS) is 35.0. The highest BCUT2D eigenvalue weighted by Crippen LogP contribution is 2.38. The van der Waals surface area contributed by atoms with E-state index in [1.807, 2.05) is 50.3 Å². The van der Waals surface area contributed by atoms with Crippen LogP contribution in [0.5, 0.6) is 0 Å². The minimum absolute atomic E-state index is 0.00762. The van der Waals surface area contributed by atoms with Gasteiger partial charge in [0.25, 0.3) is 0 Å². The van der Waals surface area contributed by atoms with Gasteiger partial charge in [-0.3, -0.25) is 9.59 Å². The molecular weight excluding hydrogens is 460 g/mol. The van der Waals surface area contributed by atoms with Crippen molar-refractivity contribution in [3.8, 4) is 0 Å². The molecule has 0 N–H and O–H groups in total. The third kappa shape index (κ3) is 7.03. The van der Waals surface area contributed by atoms with Crippen LogP contribution in [-0.2, 0) is 39.9 Å². The molecule has 7 nitrogen and oxygen atoms in total. The van der Waals surface area contributed by atoms with Crippen LogP contribution in [0, 0.1) is 0 Å². The molecule has 1 aromatic carbocycles. The number of fused-ring (bicyclic) bond motifs is 1. The number of ether oxygens (including phenoxy) is 5. The highest BCUT2D eigenvalue weighted by Gasteiger charge is 2.50. The summed E-state index contributed by atoms with van der Waals surface area (Å²) in [6, 6.07) is 9.96. The van der Waals surface area contributed by atoms with Crippen LogP contribution in [0.15, 0.2) is 42.5 Å². The van der Waals surface area contributed by atoms with E-state index in [2.05, 4.69) is 0 Å². The molecule has 4 rings (SSSR count). The van der Waals surface area contributed by atoms with E-state index in [1.165, 1.54) is 6.92 Å². The van der Waals surface area contributed by atoms with Gasteiger partial charge in [0.15, 0.2) is 5.78 Å². The number of carbonyl (C=O) groups is 2. The Morgan fingerprint density at radius 2 is 1.97 bits per heavy atom. The van der Waals surface area contributed by atoms with Crippen molar-refractivity contribution in [1.29, 1.82) is 0 Å². The van der Waals surface area contributed by atoms with Crippen molar-refractivity contribution in [2.75, 3.05) is 6.61 Å².